The van der Waals surface area contributed by atoms with Crippen LogP contribution in [0.2, 0.25) is 0 Å². The van der Waals surface area contributed by atoms with Gasteiger partial charge in [0.25, 0.3) is 0 Å². The first kappa shape index (κ1) is 15.6. The molecule has 1 heterocycles. The van der Waals surface area contributed by atoms with Gasteiger partial charge >= 0.3 is 0 Å². The Bertz CT molecular complexity index is 834. The van der Waals surface area contributed by atoms with Gasteiger partial charge in [0.15, 0.2) is 0 Å². The van der Waals surface area contributed by atoms with E-state index >= 15 is 0 Å². The van der Waals surface area contributed by atoms with E-state index in [1.54, 1.807) is 6.20 Å². The van der Waals surface area contributed by atoms with Crippen molar-refractivity contribution in [3.05, 3.63) is 96.3 Å². The molecule has 124 valence electrons. The molecule has 0 radical (unpaired) electrons. The molecule has 0 aliphatic heterocycles. The summed E-state index contributed by atoms with van der Waals surface area (Å²) in [5.41, 5.74) is 3.24. The summed E-state index contributed by atoms with van der Waals surface area (Å²) in [6, 6.07) is 24.2. The average Bonchev–Trinajstić information content (AvgIpc) is 3.49. The molecule has 4 rings (SSSR count). The van der Waals surface area contributed by atoms with Crippen LogP contribution >= 0.6 is 0 Å². The number of hydrogen-bond acceptors (Lipinski definition) is 2. The fourth-order valence-corrected chi connectivity index (χ4v) is 3.32. The van der Waals surface area contributed by atoms with Crippen molar-refractivity contribution in [3.63, 3.8) is 0 Å². The third kappa shape index (κ3) is 3.45. The van der Waals surface area contributed by atoms with E-state index in [0.717, 1.165) is 17.7 Å². The third-order valence-electron chi connectivity index (χ3n) is 4.73. The van der Waals surface area contributed by atoms with E-state index in [4.69, 9.17) is 0 Å². The van der Waals surface area contributed by atoms with Gasteiger partial charge in [-0.15, -0.1) is 0 Å². The third-order valence-corrected chi connectivity index (χ3v) is 4.73. The summed E-state index contributed by atoms with van der Waals surface area (Å²) in [6.07, 6.45) is 4.51. The lowest BCUT2D eigenvalue weighted by Crippen LogP contribution is -2.32. The Balaban J connectivity index is 1.57. The predicted molar refractivity (Wildman–Crippen MR) is 99.2 cm³/mol. The lowest BCUT2D eigenvalue weighted by atomic mass is 10.1. The van der Waals surface area contributed by atoms with Gasteiger partial charge in [-0.3, -0.25) is 9.78 Å². The summed E-state index contributed by atoms with van der Waals surface area (Å²) in [5, 5.41) is 0. The van der Waals surface area contributed by atoms with E-state index in [1.807, 2.05) is 71.8 Å². The van der Waals surface area contributed by atoms with E-state index in [0.29, 0.717) is 12.5 Å². The molecule has 0 spiro atoms. The van der Waals surface area contributed by atoms with E-state index < -0.39 is 0 Å². The molecule has 1 fully saturated rings. The zero-order chi connectivity index (χ0) is 17.1. The van der Waals surface area contributed by atoms with Crippen molar-refractivity contribution in [3.8, 4) is 0 Å². The smallest absolute Gasteiger partial charge is 0.231 e. The minimum absolute atomic E-state index is 0.0688. The molecule has 25 heavy (non-hydrogen) atoms. The highest BCUT2D eigenvalue weighted by molar-refractivity contribution is 5.97. The number of para-hydroxylation sites is 1. The van der Waals surface area contributed by atoms with Crippen molar-refractivity contribution in [2.75, 3.05) is 4.90 Å². The normalized spacial score (nSPS) is 18.6. The van der Waals surface area contributed by atoms with Gasteiger partial charge in [0.1, 0.15) is 0 Å². The second kappa shape index (κ2) is 6.89. The topological polar surface area (TPSA) is 33.2 Å². The van der Waals surface area contributed by atoms with Gasteiger partial charge in [-0.25, -0.2) is 0 Å². The van der Waals surface area contributed by atoms with Crippen LogP contribution in [-0.2, 0) is 11.3 Å². The molecule has 3 aromatic rings. The lowest BCUT2D eigenvalue weighted by molar-refractivity contribution is -0.120. The fraction of sp³-hybridized carbons (Fsp3) is 0.182. The van der Waals surface area contributed by atoms with Crippen LogP contribution in [-0.4, -0.2) is 10.9 Å². The number of carbonyl (C=O) groups excluding carboxylic acids is 1. The Morgan fingerprint density at radius 3 is 2.36 bits per heavy atom. The molecule has 1 aliphatic rings. The summed E-state index contributed by atoms with van der Waals surface area (Å²) in [6.45, 7) is 0.550. The molecule has 2 atom stereocenters. The SMILES string of the molecule is O=C(C1CC1c1ccccc1)N(Cc1cccnc1)c1ccccc1. The molecule has 3 nitrogen and oxygen atoms in total. The number of rotatable bonds is 5. The highest BCUT2D eigenvalue weighted by Crippen LogP contribution is 2.48. The number of anilines is 1. The van der Waals surface area contributed by atoms with Crippen molar-refractivity contribution in [1.29, 1.82) is 0 Å². The van der Waals surface area contributed by atoms with Crippen LogP contribution in [0.5, 0.6) is 0 Å². The van der Waals surface area contributed by atoms with Crippen LogP contribution in [0.3, 0.4) is 0 Å². The number of hydrogen-bond donors (Lipinski definition) is 0. The fourth-order valence-electron chi connectivity index (χ4n) is 3.32. The molecule has 2 unspecified atom stereocenters. The van der Waals surface area contributed by atoms with E-state index in [-0.39, 0.29) is 11.8 Å². The summed E-state index contributed by atoms with van der Waals surface area (Å²) in [7, 11) is 0. The largest absolute Gasteiger partial charge is 0.308 e. The first-order valence-corrected chi connectivity index (χ1v) is 8.63. The van der Waals surface area contributed by atoms with Crippen molar-refractivity contribution in [2.24, 2.45) is 5.92 Å². The van der Waals surface area contributed by atoms with Crippen molar-refractivity contribution in [2.45, 2.75) is 18.9 Å². The summed E-state index contributed by atoms with van der Waals surface area (Å²) < 4.78 is 0. The van der Waals surface area contributed by atoms with E-state index in [2.05, 4.69) is 17.1 Å². The number of benzene rings is 2. The van der Waals surface area contributed by atoms with Gasteiger partial charge in [-0.2, -0.15) is 0 Å². The van der Waals surface area contributed by atoms with Gasteiger partial charge in [-0.05, 0) is 41.7 Å². The van der Waals surface area contributed by atoms with Gasteiger partial charge in [0.05, 0.1) is 6.54 Å². The number of amides is 1. The molecule has 0 N–H and O–H groups in total. The number of nitrogens with zero attached hydrogens (tertiary/aromatic N) is 2. The summed E-state index contributed by atoms with van der Waals surface area (Å²) in [4.78, 5) is 19.3. The Labute approximate surface area is 148 Å². The minimum atomic E-state index is 0.0688. The van der Waals surface area contributed by atoms with Crippen LogP contribution in [0, 0.1) is 5.92 Å². The Morgan fingerprint density at radius 1 is 0.960 bits per heavy atom. The van der Waals surface area contributed by atoms with Crippen molar-refractivity contribution >= 4 is 11.6 Å². The Kier molecular flexibility index (Phi) is 4.30. The first-order chi connectivity index (χ1) is 12.3. The molecule has 1 saturated carbocycles. The van der Waals surface area contributed by atoms with Crippen LogP contribution in [0.4, 0.5) is 5.69 Å². The Hall–Kier alpha value is -2.94. The molecule has 1 amide bonds. The first-order valence-electron chi connectivity index (χ1n) is 8.63. The number of pyridine rings is 1. The average molecular weight is 328 g/mol. The van der Waals surface area contributed by atoms with Gasteiger partial charge < -0.3 is 4.90 Å². The lowest BCUT2D eigenvalue weighted by Gasteiger charge is -2.23. The summed E-state index contributed by atoms with van der Waals surface area (Å²) >= 11 is 0. The van der Waals surface area contributed by atoms with Crippen LogP contribution in [0.25, 0.3) is 0 Å². The maximum Gasteiger partial charge on any atom is 0.231 e. The molecular formula is C22H20N2O. The molecule has 2 aromatic carbocycles. The Morgan fingerprint density at radius 2 is 1.68 bits per heavy atom. The highest BCUT2D eigenvalue weighted by atomic mass is 16.2. The van der Waals surface area contributed by atoms with Crippen LogP contribution < -0.4 is 4.90 Å². The minimum Gasteiger partial charge on any atom is -0.308 e. The van der Waals surface area contributed by atoms with E-state index in [9.17, 15) is 4.79 Å². The van der Waals surface area contributed by atoms with Gasteiger partial charge in [0, 0.05) is 24.0 Å². The van der Waals surface area contributed by atoms with Crippen LogP contribution in [0.1, 0.15) is 23.5 Å². The second-order valence-electron chi connectivity index (χ2n) is 6.48. The molecular weight excluding hydrogens is 308 g/mol. The van der Waals surface area contributed by atoms with Gasteiger partial charge in [-0.1, -0.05) is 54.6 Å². The molecule has 0 bridgehead atoms. The molecule has 1 aliphatic carbocycles. The number of carbonyl (C=O) groups is 1. The quantitative estimate of drug-likeness (QED) is 0.695. The molecule has 0 saturated heterocycles. The maximum atomic E-state index is 13.2. The van der Waals surface area contributed by atoms with Crippen LogP contribution in [0.15, 0.2) is 85.2 Å². The highest BCUT2D eigenvalue weighted by Gasteiger charge is 2.45. The van der Waals surface area contributed by atoms with Crippen molar-refractivity contribution < 1.29 is 4.79 Å². The van der Waals surface area contributed by atoms with Gasteiger partial charge in [0.2, 0.25) is 5.91 Å². The standard InChI is InChI=1S/C22H20N2O/c25-22(21-14-20(21)18-9-3-1-4-10-18)24(19-11-5-2-6-12-19)16-17-8-7-13-23-15-17/h1-13,15,20-21H,14,16H2. The predicted octanol–water partition coefficient (Wildman–Crippen LogP) is 4.42. The second-order valence-corrected chi connectivity index (χ2v) is 6.48. The molecule has 3 heteroatoms. The van der Waals surface area contributed by atoms with Crippen molar-refractivity contribution in [1.82, 2.24) is 4.98 Å². The zero-order valence-corrected chi connectivity index (χ0v) is 14.0. The maximum absolute atomic E-state index is 13.2. The van der Waals surface area contributed by atoms with E-state index in [1.165, 1.54) is 5.56 Å². The number of aromatic nitrogens is 1. The molecule has 1 aromatic heterocycles. The zero-order valence-electron chi connectivity index (χ0n) is 14.0. The monoisotopic (exact) mass is 328 g/mol. The summed E-state index contributed by atoms with van der Waals surface area (Å²) in [5.74, 6) is 0.608.